The zero-order chi connectivity index (χ0) is 56.4. The van der Waals surface area contributed by atoms with Gasteiger partial charge in [-0.2, -0.15) is 0 Å². The predicted molar refractivity (Wildman–Crippen MR) is 330 cm³/mol. The van der Waals surface area contributed by atoms with Crippen molar-refractivity contribution in [3.63, 3.8) is 0 Å². The maximum Gasteiger partial charge on any atom is 0.306 e. The van der Waals surface area contributed by atoms with Crippen LogP contribution in [0, 0.1) is 0 Å². The van der Waals surface area contributed by atoms with Crippen molar-refractivity contribution in [2.24, 2.45) is 0 Å². The summed E-state index contributed by atoms with van der Waals surface area (Å²) < 4.78 is 30.4. The molecule has 0 aromatic heterocycles. The van der Waals surface area contributed by atoms with Gasteiger partial charge in [-0.25, -0.2) is 0 Å². The Morgan fingerprint density at radius 2 is 0.792 bits per heavy atom. The largest absolute Gasteiger partial charge is 0.756 e. The van der Waals surface area contributed by atoms with E-state index in [0.717, 1.165) is 64.2 Å². The molecule has 0 aliphatic heterocycles. The van der Waals surface area contributed by atoms with Crippen LogP contribution in [0.5, 0.6) is 0 Å². The summed E-state index contributed by atoms with van der Waals surface area (Å²) in [7, 11) is 1.20. The van der Waals surface area contributed by atoms with Crippen molar-refractivity contribution >= 4 is 19.7 Å². The highest BCUT2D eigenvalue weighted by Gasteiger charge is 2.27. The number of nitrogens with one attached hydrogen (secondary N) is 1. The summed E-state index contributed by atoms with van der Waals surface area (Å²) in [6, 6.07) is -0.885. The molecule has 0 aromatic rings. The highest BCUT2D eigenvalue weighted by molar-refractivity contribution is 7.45. The number of phosphoric acid groups is 1. The molecule has 3 unspecified atom stereocenters. The summed E-state index contributed by atoms with van der Waals surface area (Å²) in [5.41, 5.74) is 0. The molecule has 77 heavy (non-hydrogen) atoms. The van der Waals surface area contributed by atoms with Crippen molar-refractivity contribution in [3.05, 3.63) is 36.5 Å². The van der Waals surface area contributed by atoms with Crippen LogP contribution in [0.15, 0.2) is 36.5 Å². The van der Waals surface area contributed by atoms with Crippen LogP contribution >= 0.6 is 7.82 Å². The number of carbonyl (C=O) groups excluding carboxylic acids is 2. The van der Waals surface area contributed by atoms with Crippen LogP contribution < -0.4 is 10.2 Å². The minimum absolute atomic E-state index is 0.0198. The standard InChI is InChI=1S/C67H129N2O7P/c1-7-10-13-16-19-22-25-27-29-31-33-34-36-38-40-42-45-48-51-54-57-60-67(71)76-65(58-55-52-49-46-43-24-21-18-15-12-9-3)64(63-75-77(72,73)74-62-61-69(4,5)6)68-66(70)59-56-53-50-47-44-41-39-37-35-32-30-28-26-23-20-17-14-11-8-2/h19,22,27,29,55,58,64-65H,7-18,20-21,23-26,28,30-54,56-57,59-63H2,1-6H3,(H-,68,70,72,73)/b22-19-,29-27-,58-55+. The van der Waals surface area contributed by atoms with Gasteiger partial charge in [0.25, 0.3) is 7.82 Å². The van der Waals surface area contributed by atoms with E-state index in [4.69, 9.17) is 13.8 Å². The molecule has 0 rings (SSSR count). The molecular weight excluding hydrogens is 976 g/mol. The van der Waals surface area contributed by atoms with Gasteiger partial charge in [0.1, 0.15) is 19.3 Å². The molecule has 0 bridgehead atoms. The number of unbranched alkanes of at least 4 members (excludes halogenated alkanes) is 41. The molecule has 454 valence electrons. The number of ether oxygens (including phenoxy) is 1. The summed E-state index contributed by atoms with van der Waals surface area (Å²) in [5, 5.41) is 3.04. The van der Waals surface area contributed by atoms with E-state index in [9.17, 15) is 19.0 Å². The molecule has 0 radical (unpaired) electrons. The van der Waals surface area contributed by atoms with Crippen LogP contribution in [0.2, 0.25) is 0 Å². The molecule has 0 aliphatic rings. The van der Waals surface area contributed by atoms with Crippen molar-refractivity contribution in [1.82, 2.24) is 5.32 Å². The number of phosphoric ester groups is 1. The highest BCUT2D eigenvalue weighted by Crippen LogP contribution is 2.38. The zero-order valence-corrected chi connectivity index (χ0v) is 52.8. The topological polar surface area (TPSA) is 114 Å². The summed E-state index contributed by atoms with van der Waals surface area (Å²) in [6.45, 7) is 6.86. The smallest absolute Gasteiger partial charge is 0.306 e. The number of quaternary nitrogens is 1. The Kier molecular flexibility index (Phi) is 56.1. The molecular formula is C67H129N2O7P. The van der Waals surface area contributed by atoms with Crippen molar-refractivity contribution in [2.75, 3.05) is 40.9 Å². The number of carbonyl (C=O) groups is 2. The number of hydrogen-bond donors (Lipinski definition) is 1. The maximum absolute atomic E-state index is 13.6. The van der Waals surface area contributed by atoms with Gasteiger partial charge in [-0.1, -0.05) is 289 Å². The van der Waals surface area contributed by atoms with Crippen molar-refractivity contribution < 1.29 is 37.3 Å². The first-order valence-corrected chi connectivity index (χ1v) is 34.8. The molecule has 0 saturated heterocycles. The molecule has 1 amide bonds. The number of nitrogens with zero attached hydrogens (tertiary/aromatic N) is 1. The third-order valence-corrected chi connectivity index (χ3v) is 16.0. The van der Waals surface area contributed by atoms with Gasteiger partial charge in [0.2, 0.25) is 5.91 Å². The second-order valence-electron chi connectivity index (χ2n) is 24.0. The Labute approximate surface area is 478 Å². The Bertz CT molecular complexity index is 1410. The Balaban J connectivity index is 5.10. The molecule has 10 heteroatoms. The van der Waals surface area contributed by atoms with E-state index >= 15 is 0 Å². The summed E-state index contributed by atoms with van der Waals surface area (Å²) >= 11 is 0. The van der Waals surface area contributed by atoms with Gasteiger partial charge < -0.3 is 28.5 Å². The van der Waals surface area contributed by atoms with Gasteiger partial charge in [0, 0.05) is 12.8 Å². The van der Waals surface area contributed by atoms with Crippen LogP contribution in [0.4, 0.5) is 0 Å². The minimum atomic E-state index is -4.70. The summed E-state index contributed by atoms with van der Waals surface area (Å²) in [4.78, 5) is 40.0. The molecule has 0 aromatic carbocycles. The van der Waals surface area contributed by atoms with Crippen LogP contribution in [-0.4, -0.2) is 69.4 Å². The van der Waals surface area contributed by atoms with Crippen molar-refractivity contribution in [3.8, 4) is 0 Å². The van der Waals surface area contributed by atoms with E-state index in [-0.39, 0.29) is 31.5 Å². The highest BCUT2D eigenvalue weighted by atomic mass is 31.2. The van der Waals surface area contributed by atoms with Gasteiger partial charge >= 0.3 is 5.97 Å². The zero-order valence-electron chi connectivity index (χ0n) is 51.9. The third kappa shape index (κ3) is 58.7. The van der Waals surface area contributed by atoms with Crippen LogP contribution in [-0.2, 0) is 27.9 Å². The first kappa shape index (κ1) is 75.2. The molecule has 0 aliphatic carbocycles. The van der Waals surface area contributed by atoms with Gasteiger partial charge in [-0.3, -0.25) is 14.2 Å². The quantitative estimate of drug-likeness (QED) is 0.0212. The molecule has 0 heterocycles. The lowest BCUT2D eigenvalue weighted by atomic mass is 10.0. The van der Waals surface area contributed by atoms with Crippen molar-refractivity contribution in [2.45, 2.75) is 341 Å². The Hall–Kier alpha value is -1.77. The molecule has 0 spiro atoms. The fraction of sp³-hybridized carbons (Fsp3) is 0.881. The average Bonchev–Trinajstić information content (AvgIpc) is 3.39. The normalized spacial score (nSPS) is 13.8. The van der Waals surface area contributed by atoms with Crippen LogP contribution in [0.25, 0.3) is 0 Å². The van der Waals surface area contributed by atoms with E-state index < -0.39 is 20.0 Å². The first-order chi connectivity index (χ1) is 37.4. The second kappa shape index (κ2) is 57.5. The average molecular weight is 1110 g/mol. The van der Waals surface area contributed by atoms with E-state index in [0.29, 0.717) is 17.4 Å². The van der Waals surface area contributed by atoms with E-state index in [2.05, 4.69) is 50.4 Å². The predicted octanol–water partition coefficient (Wildman–Crippen LogP) is 20.0. The Morgan fingerprint density at radius 1 is 0.455 bits per heavy atom. The second-order valence-corrected chi connectivity index (χ2v) is 25.4. The van der Waals surface area contributed by atoms with Crippen molar-refractivity contribution in [1.29, 1.82) is 0 Å². The molecule has 3 atom stereocenters. The third-order valence-electron chi connectivity index (χ3n) is 15.1. The molecule has 1 N–H and O–H groups in total. The summed E-state index contributed by atoms with van der Waals surface area (Å²) in [5.74, 6) is -0.527. The SMILES string of the molecule is CCCCC/C=C\C/C=C\CCCCCCCCCCCCCC(=O)OC(/C=C/CCCCCCCCCCC)C(COP(=O)([O-])OCC[N+](C)(C)C)NC(=O)CCCCCCCCCCCCCCCCCCCCC. The van der Waals surface area contributed by atoms with E-state index in [1.807, 2.05) is 33.3 Å². The fourth-order valence-corrected chi connectivity index (χ4v) is 10.6. The van der Waals surface area contributed by atoms with Crippen LogP contribution in [0.3, 0.4) is 0 Å². The lowest BCUT2D eigenvalue weighted by molar-refractivity contribution is -0.870. The van der Waals surface area contributed by atoms with E-state index in [1.165, 1.54) is 231 Å². The molecule has 9 nitrogen and oxygen atoms in total. The van der Waals surface area contributed by atoms with Gasteiger partial charge in [-0.15, -0.1) is 0 Å². The van der Waals surface area contributed by atoms with Gasteiger partial charge in [-0.05, 0) is 63.9 Å². The number of hydrogen-bond acceptors (Lipinski definition) is 7. The van der Waals surface area contributed by atoms with Gasteiger partial charge in [0.05, 0.1) is 33.8 Å². The number of allylic oxidation sites excluding steroid dienone is 5. The lowest BCUT2D eigenvalue weighted by Gasteiger charge is -2.30. The minimum Gasteiger partial charge on any atom is -0.756 e. The molecule has 0 saturated carbocycles. The van der Waals surface area contributed by atoms with Crippen LogP contribution in [0.1, 0.15) is 329 Å². The van der Waals surface area contributed by atoms with Gasteiger partial charge in [0.15, 0.2) is 0 Å². The summed E-state index contributed by atoms with van der Waals surface area (Å²) in [6.07, 6.45) is 69.7. The number of esters is 1. The first-order valence-electron chi connectivity index (χ1n) is 33.3. The lowest BCUT2D eigenvalue weighted by Crippen LogP contribution is -2.47. The fourth-order valence-electron chi connectivity index (χ4n) is 9.91. The molecule has 0 fully saturated rings. The monoisotopic (exact) mass is 1100 g/mol. The number of amides is 1. The Morgan fingerprint density at radius 3 is 1.19 bits per heavy atom. The maximum atomic E-state index is 13.6. The number of rotatable bonds is 61. The van der Waals surface area contributed by atoms with E-state index in [1.54, 1.807) is 0 Å². The number of likely N-dealkylation sites (N-methyl/N-ethyl adjacent to an activating group) is 1.